The molecule has 1 amide bonds. The van der Waals surface area contributed by atoms with Crippen LogP contribution in [0.3, 0.4) is 0 Å². The molecule has 1 saturated heterocycles. The van der Waals surface area contributed by atoms with Crippen LogP contribution in [0.5, 0.6) is 0 Å². The highest BCUT2D eigenvalue weighted by molar-refractivity contribution is 5.79. The molecule has 5 N–H and O–H groups in total. The van der Waals surface area contributed by atoms with Crippen LogP contribution in [0.1, 0.15) is 26.2 Å². The van der Waals surface area contributed by atoms with Gasteiger partial charge in [0.1, 0.15) is 0 Å². The van der Waals surface area contributed by atoms with E-state index in [1.54, 1.807) is 0 Å². The van der Waals surface area contributed by atoms with Crippen LogP contribution in [-0.2, 0) is 4.79 Å². The van der Waals surface area contributed by atoms with Crippen molar-refractivity contribution < 1.29 is 4.79 Å². The van der Waals surface area contributed by atoms with E-state index in [1.165, 1.54) is 13.0 Å². The third-order valence-electron chi connectivity index (χ3n) is 3.12. The number of nitrogens with zero attached hydrogens (tertiary/aromatic N) is 1. The SMILES string of the molecule is CCCN1CCC(NCC(N)C(N)=O)CC1. The van der Waals surface area contributed by atoms with E-state index in [2.05, 4.69) is 17.1 Å². The van der Waals surface area contributed by atoms with Crippen LogP contribution < -0.4 is 16.8 Å². The molecular formula is C11H24N4O. The molecule has 1 aliphatic heterocycles. The molecule has 0 bridgehead atoms. The van der Waals surface area contributed by atoms with Crippen LogP contribution in [0.25, 0.3) is 0 Å². The van der Waals surface area contributed by atoms with Crippen LogP contribution >= 0.6 is 0 Å². The fourth-order valence-electron chi connectivity index (χ4n) is 2.07. The van der Waals surface area contributed by atoms with Crippen LogP contribution in [-0.4, -0.2) is 49.1 Å². The number of rotatable bonds is 6. The fourth-order valence-corrected chi connectivity index (χ4v) is 2.07. The first-order valence-electron chi connectivity index (χ1n) is 6.14. The van der Waals surface area contributed by atoms with Crippen molar-refractivity contribution in [1.29, 1.82) is 0 Å². The number of nitrogens with two attached hydrogens (primary N) is 2. The Morgan fingerprint density at radius 2 is 2.12 bits per heavy atom. The zero-order valence-electron chi connectivity index (χ0n) is 10.1. The predicted octanol–water partition coefficient (Wildman–Crippen LogP) is -0.737. The maximum atomic E-state index is 10.8. The van der Waals surface area contributed by atoms with Crippen molar-refractivity contribution in [3.8, 4) is 0 Å². The molecule has 0 aromatic rings. The molecule has 0 aromatic heterocycles. The topological polar surface area (TPSA) is 84.4 Å². The zero-order valence-corrected chi connectivity index (χ0v) is 10.1. The summed E-state index contributed by atoms with van der Waals surface area (Å²) in [5.41, 5.74) is 10.7. The van der Waals surface area contributed by atoms with Crippen LogP contribution in [0.2, 0.25) is 0 Å². The van der Waals surface area contributed by atoms with E-state index in [-0.39, 0.29) is 0 Å². The molecule has 1 heterocycles. The lowest BCUT2D eigenvalue weighted by molar-refractivity contribution is -0.119. The number of amides is 1. The van der Waals surface area contributed by atoms with Gasteiger partial charge in [0.2, 0.25) is 5.91 Å². The third-order valence-corrected chi connectivity index (χ3v) is 3.12. The zero-order chi connectivity index (χ0) is 12.0. The van der Waals surface area contributed by atoms with Crippen LogP contribution in [0.15, 0.2) is 0 Å². The highest BCUT2D eigenvalue weighted by Gasteiger charge is 2.19. The summed E-state index contributed by atoms with van der Waals surface area (Å²) in [6.45, 7) is 6.16. The number of piperidine rings is 1. The minimum absolute atomic E-state index is 0.434. The number of carbonyl (C=O) groups is 1. The molecule has 0 aliphatic carbocycles. The van der Waals surface area contributed by atoms with Gasteiger partial charge in [0.15, 0.2) is 0 Å². The molecule has 5 heteroatoms. The van der Waals surface area contributed by atoms with Crippen LogP contribution in [0.4, 0.5) is 0 Å². The molecule has 0 saturated carbocycles. The normalized spacial score (nSPS) is 20.9. The summed E-state index contributed by atoms with van der Waals surface area (Å²) in [5, 5.41) is 3.31. The van der Waals surface area contributed by atoms with Crippen molar-refractivity contribution >= 4 is 5.91 Å². The standard InChI is InChI=1S/C11H24N4O/c1-2-5-15-6-3-9(4-7-15)14-8-10(12)11(13)16/h9-10,14H,2-8,12H2,1H3,(H2,13,16). The molecule has 1 rings (SSSR count). The second-order valence-electron chi connectivity index (χ2n) is 4.53. The predicted molar refractivity (Wildman–Crippen MR) is 64.9 cm³/mol. The summed E-state index contributed by atoms with van der Waals surface area (Å²) in [7, 11) is 0. The molecule has 16 heavy (non-hydrogen) atoms. The van der Waals surface area contributed by atoms with Gasteiger partial charge in [-0.3, -0.25) is 4.79 Å². The summed E-state index contributed by atoms with van der Waals surface area (Å²) < 4.78 is 0. The number of nitrogens with one attached hydrogen (secondary N) is 1. The van der Waals surface area contributed by atoms with Gasteiger partial charge >= 0.3 is 0 Å². The van der Waals surface area contributed by atoms with E-state index >= 15 is 0 Å². The van der Waals surface area contributed by atoms with Gasteiger partial charge in [-0.25, -0.2) is 0 Å². The monoisotopic (exact) mass is 228 g/mol. The Bertz CT molecular complexity index is 214. The molecule has 1 aliphatic rings. The Balaban J connectivity index is 2.14. The third kappa shape index (κ3) is 4.47. The van der Waals surface area contributed by atoms with Gasteiger partial charge in [0.25, 0.3) is 0 Å². The van der Waals surface area contributed by atoms with Gasteiger partial charge in [-0.15, -0.1) is 0 Å². The van der Waals surface area contributed by atoms with Crippen molar-refractivity contribution in [1.82, 2.24) is 10.2 Å². The maximum absolute atomic E-state index is 10.8. The molecule has 0 aromatic carbocycles. The highest BCUT2D eigenvalue weighted by atomic mass is 16.1. The van der Waals surface area contributed by atoms with Gasteiger partial charge < -0.3 is 21.7 Å². The van der Waals surface area contributed by atoms with E-state index in [0.717, 1.165) is 25.9 Å². The second-order valence-corrected chi connectivity index (χ2v) is 4.53. The number of likely N-dealkylation sites (tertiary alicyclic amines) is 1. The summed E-state index contributed by atoms with van der Waals surface area (Å²) in [4.78, 5) is 13.2. The van der Waals surface area contributed by atoms with Crippen molar-refractivity contribution in [2.75, 3.05) is 26.2 Å². The summed E-state index contributed by atoms with van der Waals surface area (Å²) in [6, 6.07) is -0.0767. The van der Waals surface area contributed by atoms with Crippen molar-refractivity contribution in [3.05, 3.63) is 0 Å². The van der Waals surface area contributed by atoms with Gasteiger partial charge in [-0.1, -0.05) is 6.92 Å². The second kappa shape index (κ2) is 6.83. The fraction of sp³-hybridized carbons (Fsp3) is 0.909. The van der Waals surface area contributed by atoms with Crippen molar-refractivity contribution in [2.45, 2.75) is 38.3 Å². The Hall–Kier alpha value is -0.650. The lowest BCUT2D eigenvalue weighted by atomic mass is 10.0. The first-order chi connectivity index (χ1) is 7.63. The number of primary amides is 1. The minimum Gasteiger partial charge on any atom is -0.368 e. The van der Waals surface area contributed by atoms with Gasteiger partial charge in [0.05, 0.1) is 6.04 Å². The molecule has 1 atom stereocenters. The lowest BCUT2D eigenvalue weighted by Gasteiger charge is -2.32. The smallest absolute Gasteiger partial charge is 0.235 e. The van der Waals surface area contributed by atoms with Gasteiger partial charge in [0, 0.05) is 12.6 Å². The van der Waals surface area contributed by atoms with Gasteiger partial charge in [-0.05, 0) is 38.9 Å². The van der Waals surface area contributed by atoms with E-state index in [9.17, 15) is 4.79 Å². The Kier molecular flexibility index (Phi) is 5.73. The average molecular weight is 228 g/mol. The molecule has 1 unspecified atom stereocenters. The molecule has 94 valence electrons. The molecule has 1 fully saturated rings. The lowest BCUT2D eigenvalue weighted by Crippen LogP contribution is -2.49. The Morgan fingerprint density at radius 3 is 2.62 bits per heavy atom. The average Bonchev–Trinajstić information content (AvgIpc) is 2.28. The summed E-state index contributed by atoms with van der Waals surface area (Å²) in [5.74, 6) is -0.434. The summed E-state index contributed by atoms with van der Waals surface area (Å²) >= 11 is 0. The minimum atomic E-state index is -0.561. The highest BCUT2D eigenvalue weighted by Crippen LogP contribution is 2.10. The number of carbonyl (C=O) groups excluding carboxylic acids is 1. The molecular weight excluding hydrogens is 204 g/mol. The number of hydrogen-bond acceptors (Lipinski definition) is 4. The van der Waals surface area contributed by atoms with Crippen molar-refractivity contribution in [3.63, 3.8) is 0 Å². The van der Waals surface area contributed by atoms with Gasteiger partial charge in [-0.2, -0.15) is 0 Å². The molecule has 0 spiro atoms. The van der Waals surface area contributed by atoms with Crippen LogP contribution in [0, 0.1) is 0 Å². The largest absolute Gasteiger partial charge is 0.368 e. The van der Waals surface area contributed by atoms with E-state index in [4.69, 9.17) is 11.5 Å². The first-order valence-corrected chi connectivity index (χ1v) is 6.14. The van der Waals surface area contributed by atoms with Crippen molar-refractivity contribution in [2.24, 2.45) is 11.5 Å². The Morgan fingerprint density at radius 1 is 1.50 bits per heavy atom. The van der Waals surface area contributed by atoms with E-state index < -0.39 is 11.9 Å². The quantitative estimate of drug-likeness (QED) is 0.559. The summed E-state index contributed by atoms with van der Waals surface area (Å²) in [6.07, 6.45) is 3.47. The van der Waals surface area contributed by atoms with E-state index in [0.29, 0.717) is 12.6 Å². The van der Waals surface area contributed by atoms with E-state index in [1.807, 2.05) is 0 Å². The maximum Gasteiger partial charge on any atom is 0.235 e. The molecule has 5 nitrogen and oxygen atoms in total. The Labute approximate surface area is 97.5 Å². The molecule has 0 radical (unpaired) electrons. The number of hydrogen-bond donors (Lipinski definition) is 3. The first kappa shape index (κ1) is 13.4.